The van der Waals surface area contributed by atoms with E-state index >= 15 is 0 Å². The van der Waals surface area contributed by atoms with Crippen molar-refractivity contribution in [3.05, 3.63) is 70.8 Å². The number of hydrogen-bond acceptors (Lipinski definition) is 1. The third-order valence-corrected chi connectivity index (χ3v) is 3.41. The van der Waals surface area contributed by atoms with Gasteiger partial charge in [0, 0.05) is 13.1 Å². The number of rotatable bonds is 5. The van der Waals surface area contributed by atoms with Gasteiger partial charge in [0.1, 0.15) is 0 Å². The second-order valence-electron chi connectivity index (χ2n) is 5.41. The lowest BCUT2D eigenvalue weighted by atomic mass is 10.0. The van der Waals surface area contributed by atoms with Gasteiger partial charge >= 0.3 is 12.4 Å². The van der Waals surface area contributed by atoms with E-state index in [1.54, 1.807) is 30.3 Å². The molecule has 2 rings (SSSR count). The lowest BCUT2D eigenvalue weighted by molar-refractivity contribution is -0.143. The summed E-state index contributed by atoms with van der Waals surface area (Å²) < 4.78 is 77.1. The van der Waals surface area contributed by atoms with Crippen LogP contribution in [0, 0.1) is 0 Å². The van der Waals surface area contributed by atoms with Gasteiger partial charge in [-0.1, -0.05) is 30.3 Å². The van der Waals surface area contributed by atoms with Gasteiger partial charge in [0.15, 0.2) is 0 Å². The highest BCUT2D eigenvalue weighted by atomic mass is 19.4. The van der Waals surface area contributed by atoms with Gasteiger partial charge in [-0.2, -0.15) is 26.3 Å². The molecule has 0 bridgehead atoms. The number of benzene rings is 2. The van der Waals surface area contributed by atoms with Crippen molar-refractivity contribution < 1.29 is 31.1 Å². The Balaban J connectivity index is 2.31. The molecule has 1 amide bonds. The molecule has 0 radical (unpaired) electrons. The largest absolute Gasteiger partial charge is 0.416 e. The molecule has 0 aliphatic rings. The van der Waals surface area contributed by atoms with E-state index in [9.17, 15) is 31.1 Å². The minimum absolute atomic E-state index is 0.0615. The van der Waals surface area contributed by atoms with E-state index in [1.165, 1.54) is 0 Å². The Hall–Kier alpha value is -2.51. The standard InChI is InChI=1S/C17H13F6NO/c18-16(19,20)14-6-13(7-15(8-14)17(21,22)23)10-24(11-25)9-12-4-2-1-3-5-12/h1-8,11H,9-10H2. The van der Waals surface area contributed by atoms with Gasteiger partial charge < -0.3 is 4.90 Å². The SMILES string of the molecule is O=CN(Cc1ccccc1)Cc1cc(C(F)(F)F)cc(C(F)(F)F)c1. The van der Waals surface area contributed by atoms with Gasteiger partial charge in [0.05, 0.1) is 11.1 Å². The normalized spacial score (nSPS) is 12.1. The smallest absolute Gasteiger partial charge is 0.337 e. The van der Waals surface area contributed by atoms with Crippen molar-refractivity contribution in [3.63, 3.8) is 0 Å². The quantitative estimate of drug-likeness (QED) is 0.549. The third kappa shape index (κ3) is 5.23. The minimum atomic E-state index is -4.92. The van der Waals surface area contributed by atoms with Gasteiger partial charge in [-0.3, -0.25) is 4.79 Å². The maximum Gasteiger partial charge on any atom is 0.416 e. The first-order valence-corrected chi connectivity index (χ1v) is 7.11. The predicted molar refractivity (Wildman–Crippen MR) is 78.2 cm³/mol. The van der Waals surface area contributed by atoms with Gasteiger partial charge in [-0.05, 0) is 29.3 Å². The van der Waals surface area contributed by atoms with E-state index in [-0.39, 0.29) is 24.7 Å². The van der Waals surface area contributed by atoms with Crippen LogP contribution >= 0.6 is 0 Å². The Kier molecular flexibility index (Phi) is 5.39. The molecule has 2 aromatic rings. The summed E-state index contributed by atoms with van der Waals surface area (Å²) in [4.78, 5) is 12.3. The molecule has 0 aromatic heterocycles. The first kappa shape index (κ1) is 18.8. The molecule has 8 heteroatoms. The molecule has 0 atom stereocenters. The molecule has 0 heterocycles. The number of carbonyl (C=O) groups is 1. The number of hydrogen-bond donors (Lipinski definition) is 0. The fourth-order valence-electron chi connectivity index (χ4n) is 2.29. The summed E-state index contributed by atoms with van der Waals surface area (Å²) in [5.41, 5.74) is -2.34. The monoisotopic (exact) mass is 361 g/mol. The van der Waals surface area contributed by atoms with Crippen molar-refractivity contribution >= 4 is 6.41 Å². The molecule has 134 valence electrons. The van der Waals surface area contributed by atoms with E-state index in [1.807, 2.05) is 0 Å². The fourth-order valence-corrected chi connectivity index (χ4v) is 2.29. The zero-order valence-corrected chi connectivity index (χ0v) is 12.7. The topological polar surface area (TPSA) is 20.3 Å². The Morgan fingerprint density at radius 3 is 1.68 bits per heavy atom. The second-order valence-corrected chi connectivity index (χ2v) is 5.41. The maximum absolute atomic E-state index is 12.9. The van der Waals surface area contributed by atoms with Crippen molar-refractivity contribution in [1.82, 2.24) is 4.90 Å². The van der Waals surface area contributed by atoms with E-state index in [0.717, 1.165) is 4.90 Å². The van der Waals surface area contributed by atoms with Crippen LogP contribution in [0.2, 0.25) is 0 Å². The number of amides is 1. The van der Waals surface area contributed by atoms with Crippen LogP contribution in [-0.4, -0.2) is 11.3 Å². The minimum Gasteiger partial charge on any atom is -0.337 e. The number of halogens is 6. The van der Waals surface area contributed by atoms with Crippen LogP contribution in [0.3, 0.4) is 0 Å². The van der Waals surface area contributed by atoms with Gasteiger partial charge in [0.25, 0.3) is 0 Å². The molecule has 0 unspecified atom stereocenters. The number of nitrogens with zero attached hydrogens (tertiary/aromatic N) is 1. The summed E-state index contributed by atoms with van der Waals surface area (Å²) >= 11 is 0. The van der Waals surface area contributed by atoms with Crippen molar-refractivity contribution in [1.29, 1.82) is 0 Å². The first-order chi connectivity index (χ1) is 11.6. The van der Waals surface area contributed by atoms with Crippen molar-refractivity contribution in [2.75, 3.05) is 0 Å². The van der Waals surface area contributed by atoms with Crippen LogP contribution in [0.5, 0.6) is 0 Å². The molecule has 25 heavy (non-hydrogen) atoms. The molecule has 0 aliphatic carbocycles. The summed E-state index contributed by atoms with van der Waals surface area (Å²) in [6.45, 7) is -0.298. The molecule has 0 saturated heterocycles. The van der Waals surface area contributed by atoms with Crippen LogP contribution in [0.1, 0.15) is 22.3 Å². The van der Waals surface area contributed by atoms with E-state index in [2.05, 4.69) is 0 Å². The highest BCUT2D eigenvalue weighted by Crippen LogP contribution is 2.36. The summed E-state index contributed by atoms with van der Waals surface area (Å²) in [5.74, 6) is 0. The van der Waals surface area contributed by atoms with Crippen LogP contribution in [0.4, 0.5) is 26.3 Å². The summed E-state index contributed by atoms with van der Waals surface area (Å²) in [5, 5.41) is 0. The zero-order chi connectivity index (χ0) is 18.7. The number of alkyl halides is 6. The first-order valence-electron chi connectivity index (χ1n) is 7.11. The molecule has 0 fully saturated rings. The van der Waals surface area contributed by atoms with Gasteiger partial charge in [-0.15, -0.1) is 0 Å². The fraction of sp³-hybridized carbons (Fsp3) is 0.235. The maximum atomic E-state index is 12.9. The summed E-state index contributed by atoms with van der Waals surface area (Å²) in [6.07, 6.45) is -9.44. The van der Waals surface area contributed by atoms with E-state index in [4.69, 9.17) is 0 Å². The molecule has 2 aromatic carbocycles. The predicted octanol–water partition coefficient (Wildman–Crippen LogP) is 4.88. The van der Waals surface area contributed by atoms with Crippen molar-refractivity contribution in [2.24, 2.45) is 0 Å². The molecule has 0 saturated carbocycles. The average Bonchev–Trinajstić information content (AvgIpc) is 2.53. The molecular formula is C17H13F6NO. The molecule has 0 aliphatic heterocycles. The lowest BCUT2D eigenvalue weighted by Crippen LogP contribution is -2.22. The van der Waals surface area contributed by atoms with Gasteiger partial charge in [0.2, 0.25) is 6.41 Å². The molecule has 0 spiro atoms. The Labute approximate surface area is 139 Å². The van der Waals surface area contributed by atoms with Crippen LogP contribution in [0.25, 0.3) is 0 Å². The highest BCUT2D eigenvalue weighted by Gasteiger charge is 2.36. The number of carbonyl (C=O) groups excluding carboxylic acids is 1. The second kappa shape index (κ2) is 7.16. The van der Waals surface area contributed by atoms with Gasteiger partial charge in [-0.25, -0.2) is 0 Å². The Morgan fingerprint density at radius 2 is 1.24 bits per heavy atom. The van der Waals surface area contributed by atoms with E-state index < -0.39 is 23.5 Å². The summed E-state index contributed by atoms with van der Waals surface area (Å²) in [6, 6.07) is 9.87. The van der Waals surface area contributed by atoms with Crippen LogP contribution in [0.15, 0.2) is 48.5 Å². The Morgan fingerprint density at radius 1 is 0.760 bits per heavy atom. The van der Waals surface area contributed by atoms with E-state index in [0.29, 0.717) is 24.1 Å². The van der Waals surface area contributed by atoms with Crippen molar-refractivity contribution in [2.45, 2.75) is 25.4 Å². The lowest BCUT2D eigenvalue weighted by Gasteiger charge is -2.20. The zero-order valence-electron chi connectivity index (χ0n) is 12.7. The average molecular weight is 361 g/mol. The molecular weight excluding hydrogens is 348 g/mol. The van der Waals surface area contributed by atoms with Crippen LogP contribution in [-0.2, 0) is 30.2 Å². The van der Waals surface area contributed by atoms with Crippen molar-refractivity contribution in [3.8, 4) is 0 Å². The molecule has 2 nitrogen and oxygen atoms in total. The highest BCUT2D eigenvalue weighted by molar-refractivity contribution is 5.48. The Bertz CT molecular complexity index is 692. The van der Waals surface area contributed by atoms with Crippen LogP contribution < -0.4 is 0 Å². The molecule has 0 N–H and O–H groups in total. The third-order valence-electron chi connectivity index (χ3n) is 3.41. The summed E-state index contributed by atoms with van der Waals surface area (Å²) in [7, 11) is 0.